The van der Waals surface area contributed by atoms with E-state index < -0.39 is 65.7 Å². The second kappa shape index (κ2) is 40.4. The largest absolute Gasteiger partial charge is 0.508 e. The van der Waals surface area contributed by atoms with Gasteiger partial charge in [0.2, 0.25) is 23.6 Å². The Morgan fingerprint density at radius 3 is 1.55 bits per heavy atom. The lowest BCUT2D eigenvalue weighted by Gasteiger charge is -2.25. The normalized spacial score (nSPS) is 13.9. The Morgan fingerprint density at radius 1 is 0.567 bits per heavy atom. The van der Waals surface area contributed by atoms with Crippen LogP contribution in [0.15, 0.2) is 157 Å². The van der Waals surface area contributed by atoms with Crippen LogP contribution in [0.1, 0.15) is 77.5 Å². The Balaban J connectivity index is 0.000000281. The van der Waals surface area contributed by atoms with Gasteiger partial charge in [-0.2, -0.15) is 0 Å². The quantitative estimate of drug-likeness (QED) is 0.0214. The SMILES string of the molecule is COCC(O)CBr.COCC(O)CNC(Cc1ccccc1)C(=O)CC(Cc1ccc(O)cc1)C(=O)NC(CCC(N)=O)C(=O)Cc1ccc2c(c1)N=CC2.NC(=O)CCC(NC(=O)C(CC(=O)C(N)Cc1ccccc1)Cc1ccc(O)cc1)C(=O)Cc1ccc2nc[nH]c2c1. The van der Waals surface area contributed by atoms with Crippen LogP contribution in [0.25, 0.3) is 11.0 Å². The van der Waals surface area contributed by atoms with Crippen molar-refractivity contribution in [2.45, 2.75) is 120 Å². The summed E-state index contributed by atoms with van der Waals surface area (Å²) in [7, 11) is 3.04. The molecule has 1 aliphatic heterocycles. The molecule has 97 heavy (non-hydrogen) atoms. The number of hydrogen-bond donors (Lipinski definition) is 11. The van der Waals surface area contributed by atoms with Crippen molar-refractivity contribution in [3.63, 3.8) is 0 Å². The van der Waals surface area contributed by atoms with Crippen LogP contribution in [0, 0.1) is 11.8 Å². The number of carbonyl (C=O) groups is 8. The van der Waals surface area contributed by atoms with Gasteiger partial charge in [-0.05, 0) is 120 Å². The monoisotopic (exact) mass is 1390 g/mol. The number of aromatic hydroxyl groups is 2. The van der Waals surface area contributed by atoms with Crippen molar-refractivity contribution in [3.05, 3.63) is 191 Å². The van der Waals surface area contributed by atoms with Gasteiger partial charge in [-0.1, -0.05) is 119 Å². The summed E-state index contributed by atoms with van der Waals surface area (Å²) in [6, 6.07) is 39.0. The fraction of sp³-hybridized carbons (Fsp3) is 0.370. The van der Waals surface area contributed by atoms with E-state index >= 15 is 0 Å². The number of nitrogens with zero attached hydrogens (tertiary/aromatic N) is 2. The molecular formula is C73H88BrN9O14. The third-order valence-electron chi connectivity index (χ3n) is 16.1. The highest BCUT2D eigenvalue weighted by atomic mass is 79.9. The maximum Gasteiger partial charge on any atom is 0.224 e. The van der Waals surface area contributed by atoms with E-state index in [1.54, 1.807) is 49.8 Å². The average Bonchev–Trinajstić information content (AvgIpc) is 1.89. The molecule has 0 aliphatic carbocycles. The zero-order chi connectivity index (χ0) is 70.2. The molecular weight excluding hydrogens is 1310 g/mol. The van der Waals surface area contributed by atoms with Gasteiger partial charge >= 0.3 is 0 Å². The summed E-state index contributed by atoms with van der Waals surface area (Å²) in [5.41, 5.74) is 25.1. The van der Waals surface area contributed by atoms with Gasteiger partial charge in [0, 0.05) is 89.1 Å². The summed E-state index contributed by atoms with van der Waals surface area (Å²) < 4.78 is 9.64. The van der Waals surface area contributed by atoms with Crippen LogP contribution in [-0.2, 0) is 92.8 Å². The van der Waals surface area contributed by atoms with Crippen molar-refractivity contribution in [1.82, 2.24) is 25.9 Å². The van der Waals surface area contributed by atoms with Crippen LogP contribution in [0.4, 0.5) is 5.69 Å². The first kappa shape index (κ1) is 76.9. The standard InChI is InChI=1S/C37H44N4O7.C32H35N5O5.C4H9BrO2/c1-48-23-30(43)22-40-33(18-24-5-3-2-4-6-24)35(45)21-28(17-25-8-11-29(42)12-9-25)37(47)41-31(13-14-36(38)46)34(44)20-26-7-10-27-15-16-39-32(27)19-26;33-25(15-20-4-2-1-3-5-20)29(39)18-23(14-21-6-9-24(38)10-7-21)32(42)37-27(12-13-31(34)41)30(40)17-22-8-11-26-28(16-22)36-19-35-26;1-7-3-4(6)2-5/h2-12,16,19,28,30-31,33,40,42-43H,13-15,17-18,20-23H2,1H3,(H2,38,46)(H,41,47);1-11,16,19,23,25,27,38H,12-15,17-18,33H2,(H2,34,41)(H,35,36)(H,37,42);4,6H,2-3H2,1H3. The van der Waals surface area contributed by atoms with E-state index in [4.69, 9.17) is 27.0 Å². The number of amides is 4. The number of ether oxygens (including phenoxy) is 2. The zero-order valence-corrected chi connectivity index (χ0v) is 56.1. The van der Waals surface area contributed by atoms with Crippen molar-refractivity contribution >= 4 is 85.6 Å². The second-order valence-corrected chi connectivity index (χ2v) is 24.6. The van der Waals surface area contributed by atoms with Crippen molar-refractivity contribution in [1.29, 1.82) is 0 Å². The smallest absolute Gasteiger partial charge is 0.224 e. The Morgan fingerprint density at radius 2 is 1.04 bits per heavy atom. The molecule has 1 aliphatic rings. The molecule has 0 fully saturated rings. The topological polar surface area (TPSA) is 391 Å². The molecule has 4 amide bonds. The number of ketones is 4. The number of carbonyl (C=O) groups excluding carboxylic acids is 8. The highest BCUT2D eigenvalue weighted by molar-refractivity contribution is 9.09. The van der Waals surface area contributed by atoms with Crippen LogP contribution in [0.5, 0.6) is 11.5 Å². The number of methoxy groups -OCH3 is 2. The van der Waals surface area contributed by atoms with Gasteiger partial charge < -0.3 is 68.0 Å². The molecule has 516 valence electrons. The van der Waals surface area contributed by atoms with E-state index in [0.717, 1.165) is 56.5 Å². The van der Waals surface area contributed by atoms with E-state index in [1.165, 1.54) is 31.4 Å². The third kappa shape index (κ3) is 27.1. The number of hydrogen-bond acceptors (Lipinski definition) is 18. The van der Waals surface area contributed by atoms with E-state index in [0.29, 0.717) is 30.3 Å². The molecule has 8 rings (SSSR count). The number of H-pyrrole nitrogens is 1. The first-order chi connectivity index (χ1) is 46.6. The number of imidazole rings is 1. The summed E-state index contributed by atoms with van der Waals surface area (Å²) in [5.74, 6) is -4.93. The van der Waals surface area contributed by atoms with Crippen LogP contribution in [0.2, 0.25) is 0 Å². The molecule has 1 aromatic heterocycles. The summed E-state index contributed by atoms with van der Waals surface area (Å²) in [6.07, 6.45) is 3.45. The molecule has 8 atom stereocenters. The number of aliphatic imine (C=N–C) groups is 1. The minimum Gasteiger partial charge on any atom is -0.508 e. The van der Waals surface area contributed by atoms with E-state index in [-0.39, 0.29) is 118 Å². The minimum absolute atomic E-state index is 0.0124. The summed E-state index contributed by atoms with van der Waals surface area (Å²) in [4.78, 5) is 116. The highest BCUT2D eigenvalue weighted by Crippen LogP contribution is 2.27. The van der Waals surface area contributed by atoms with Crippen molar-refractivity contribution < 1.29 is 68.3 Å². The summed E-state index contributed by atoms with van der Waals surface area (Å²) >= 11 is 3.09. The number of phenols is 2. The molecule has 7 aromatic rings. The van der Waals surface area contributed by atoms with Gasteiger partial charge in [0.15, 0.2) is 23.1 Å². The molecule has 0 bridgehead atoms. The number of aliphatic hydroxyl groups excluding tert-OH is 2. The van der Waals surface area contributed by atoms with Gasteiger partial charge in [0.25, 0.3) is 0 Å². The number of aromatic nitrogens is 2. The Hall–Kier alpha value is -9.14. The molecule has 24 heteroatoms. The third-order valence-corrected chi connectivity index (χ3v) is 16.8. The van der Waals surface area contributed by atoms with Gasteiger partial charge in [-0.15, -0.1) is 0 Å². The van der Waals surface area contributed by atoms with Crippen molar-refractivity contribution in [2.24, 2.45) is 34.0 Å². The molecule has 23 nitrogen and oxygen atoms in total. The number of alkyl halides is 1. The van der Waals surface area contributed by atoms with Gasteiger partial charge in [-0.3, -0.25) is 43.3 Å². The lowest BCUT2D eigenvalue weighted by atomic mass is 9.89. The fourth-order valence-electron chi connectivity index (χ4n) is 10.8. The molecule has 0 saturated carbocycles. The lowest BCUT2D eigenvalue weighted by Crippen LogP contribution is -2.47. The maximum absolute atomic E-state index is 14.0. The Kier molecular flexibility index (Phi) is 32.0. The highest BCUT2D eigenvalue weighted by Gasteiger charge is 2.33. The number of benzene rings is 6. The summed E-state index contributed by atoms with van der Waals surface area (Å²) in [5, 5.41) is 47.8. The Labute approximate surface area is 572 Å². The molecule has 0 radical (unpaired) electrons. The van der Waals surface area contributed by atoms with Crippen LogP contribution in [-0.4, -0.2) is 159 Å². The zero-order valence-electron chi connectivity index (χ0n) is 54.5. The molecule has 6 aromatic carbocycles. The first-order valence-electron chi connectivity index (χ1n) is 32.0. The van der Waals surface area contributed by atoms with E-state index in [2.05, 4.69) is 51.6 Å². The molecule has 0 saturated heterocycles. The fourth-order valence-corrected chi connectivity index (χ4v) is 11.0. The number of nitrogens with two attached hydrogens (primary N) is 3. The molecule has 0 spiro atoms. The van der Waals surface area contributed by atoms with Gasteiger partial charge in [0.05, 0.1) is 72.6 Å². The lowest BCUT2D eigenvalue weighted by molar-refractivity contribution is -0.133. The number of phenolic OH excluding ortho intramolecular Hbond substituents is 2. The van der Waals surface area contributed by atoms with E-state index in [1.807, 2.05) is 91.1 Å². The number of aliphatic hydroxyl groups is 2. The van der Waals surface area contributed by atoms with Crippen LogP contribution >= 0.6 is 15.9 Å². The number of fused-ring (bicyclic) bond motifs is 2. The second-order valence-electron chi connectivity index (χ2n) is 23.9. The van der Waals surface area contributed by atoms with Crippen LogP contribution in [0.3, 0.4) is 0 Å². The van der Waals surface area contributed by atoms with E-state index in [9.17, 15) is 53.7 Å². The number of Topliss-reactive ketones (excluding diaryl/α,β-unsaturated/α-hetero) is 4. The van der Waals surface area contributed by atoms with Gasteiger partial charge in [0.1, 0.15) is 11.5 Å². The maximum atomic E-state index is 14.0. The van der Waals surface area contributed by atoms with Gasteiger partial charge in [-0.25, -0.2) is 4.98 Å². The molecule has 14 N–H and O–H groups in total. The molecule has 2 heterocycles. The van der Waals surface area contributed by atoms with Crippen LogP contribution < -0.4 is 33.2 Å². The number of aromatic amines is 1. The number of rotatable bonds is 38. The number of nitrogens with one attached hydrogen (secondary N) is 4. The first-order valence-corrected chi connectivity index (χ1v) is 33.1. The summed E-state index contributed by atoms with van der Waals surface area (Å²) in [6.45, 7) is 0.597. The predicted molar refractivity (Wildman–Crippen MR) is 372 cm³/mol. The Bertz CT molecular complexity index is 3710. The number of halogens is 1. The average molecular weight is 1400 g/mol. The van der Waals surface area contributed by atoms with Crippen molar-refractivity contribution in [2.75, 3.05) is 39.3 Å². The van der Waals surface area contributed by atoms with Crippen molar-refractivity contribution in [3.8, 4) is 11.5 Å². The predicted octanol–water partition coefficient (Wildman–Crippen LogP) is 5.45. The minimum atomic E-state index is -1.01. The molecule has 8 unspecified atom stereocenters. The number of primary amides is 2.